The average Bonchev–Trinajstić information content (AvgIpc) is 3.36. The van der Waals surface area contributed by atoms with E-state index in [1.54, 1.807) is 0 Å². The highest BCUT2D eigenvalue weighted by Gasteiger charge is 2.35. The number of ether oxygens (including phenoxy) is 2. The minimum atomic E-state index is 0.0500. The van der Waals surface area contributed by atoms with Gasteiger partial charge in [0.2, 0.25) is 0 Å². The standard InChI is InChI=1S/C29H44N2O2S5.C2H6/c1-7-37-22-17-25(34)31(26(35)18-22)20-29(5,6)10-12-33-14-13-32-11-9-28(3,4)19-30-21(2)16-24-23(27(30)36)8-15-38-24;1-2/h16-17,23H,2,7-15,18-20H2,1,3-6H3;1-2H3. The molecule has 1 fully saturated rings. The minimum absolute atomic E-state index is 0.0500. The lowest BCUT2D eigenvalue weighted by Crippen LogP contribution is -2.43. The van der Waals surface area contributed by atoms with E-state index >= 15 is 0 Å². The van der Waals surface area contributed by atoms with Crippen LogP contribution in [-0.2, 0) is 9.47 Å². The number of thiocarbonyl (C=S) groups is 3. The van der Waals surface area contributed by atoms with Crippen LogP contribution in [0.2, 0.25) is 0 Å². The molecule has 0 spiro atoms. The topological polar surface area (TPSA) is 24.9 Å². The lowest BCUT2D eigenvalue weighted by atomic mass is 9.87. The van der Waals surface area contributed by atoms with Gasteiger partial charge in [-0.1, -0.05) is 91.7 Å². The Morgan fingerprint density at radius 2 is 1.52 bits per heavy atom. The SMILES string of the molecule is C=C1C=C2SCCC2C(=S)N1CC(C)(C)CCOCCOCCC(C)(C)CN1C(=S)C=C(SCC)CC1=S.CC. The number of allylic oxidation sites excluding steroid dienone is 1. The maximum absolute atomic E-state index is 5.93. The molecule has 0 aliphatic carbocycles. The Hall–Kier alpha value is -0.290. The molecule has 40 heavy (non-hydrogen) atoms. The highest BCUT2D eigenvalue weighted by molar-refractivity contribution is 8.03. The van der Waals surface area contributed by atoms with Crippen molar-refractivity contribution < 1.29 is 9.47 Å². The Morgan fingerprint density at radius 1 is 0.950 bits per heavy atom. The molecule has 0 bridgehead atoms. The summed E-state index contributed by atoms with van der Waals surface area (Å²) in [5.41, 5.74) is 1.16. The van der Waals surface area contributed by atoms with Crippen molar-refractivity contribution >= 4 is 75.1 Å². The molecule has 1 atom stereocenters. The molecule has 3 heterocycles. The summed E-state index contributed by atoms with van der Waals surface area (Å²) in [5, 5.41) is 0. The summed E-state index contributed by atoms with van der Waals surface area (Å²) in [7, 11) is 0. The maximum atomic E-state index is 5.93. The summed E-state index contributed by atoms with van der Waals surface area (Å²) in [4.78, 5) is 9.88. The van der Waals surface area contributed by atoms with Crippen LogP contribution in [0.4, 0.5) is 0 Å². The van der Waals surface area contributed by atoms with Crippen LogP contribution in [0.25, 0.3) is 0 Å². The van der Waals surface area contributed by atoms with E-state index in [4.69, 9.17) is 46.1 Å². The third-order valence-electron chi connectivity index (χ3n) is 7.14. The van der Waals surface area contributed by atoms with E-state index in [2.05, 4.69) is 63.1 Å². The summed E-state index contributed by atoms with van der Waals surface area (Å²) in [6.07, 6.45) is 8.23. The molecule has 0 radical (unpaired) electrons. The number of hydrogen-bond donors (Lipinski definition) is 0. The fourth-order valence-corrected chi connectivity index (χ4v) is 8.19. The molecule has 0 amide bonds. The Kier molecular flexibility index (Phi) is 15.4. The molecule has 0 aromatic rings. The summed E-state index contributed by atoms with van der Waals surface area (Å²) in [5.74, 6) is 2.62. The van der Waals surface area contributed by atoms with Gasteiger partial charge in [-0.2, -0.15) is 0 Å². The lowest BCUT2D eigenvalue weighted by Gasteiger charge is -2.39. The first-order valence-corrected chi connectivity index (χ1v) is 17.8. The molecule has 4 nitrogen and oxygen atoms in total. The van der Waals surface area contributed by atoms with Crippen LogP contribution >= 0.6 is 60.2 Å². The van der Waals surface area contributed by atoms with Crippen molar-refractivity contribution in [3.05, 3.63) is 34.2 Å². The van der Waals surface area contributed by atoms with E-state index in [9.17, 15) is 0 Å². The number of fused-ring (bicyclic) bond motifs is 1. The third-order valence-corrected chi connectivity index (χ3v) is 10.4. The zero-order chi connectivity index (χ0) is 29.9. The minimum Gasteiger partial charge on any atom is -0.379 e. The number of nitrogens with zero attached hydrogens (tertiary/aromatic N) is 2. The third kappa shape index (κ3) is 11.1. The van der Waals surface area contributed by atoms with E-state index in [1.165, 1.54) is 9.81 Å². The average molecular weight is 643 g/mol. The van der Waals surface area contributed by atoms with Crippen molar-refractivity contribution in [2.75, 3.05) is 51.0 Å². The second-order valence-corrected chi connectivity index (χ2v) is 15.6. The lowest BCUT2D eigenvalue weighted by molar-refractivity contribution is 0.0270. The van der Waals surface area contributed by atoms with Crippen molar-refractivity contribution in [2.24, 2.45) is 16.7 Å². The summed E-state index contributed by atoms with van der Waals surface area (Å²) in [6.45, 7) is 23.8. The van der Waals surface area contributed by atoms with Crippen molar-refractivity contribution in [1.29, 1.82) is 0 Å². The molecule has 3 aliphatic heterocycles. The fourth-order valence-electron chi connectivity index (χ4n) is 4.79. The number of thioether (sulfide) groups is 2. The predicted octanol–water partition coefficient (Wildman–Crippen LogP) is 8.67. The van der Waals surface area contributed by atoms with Crippen molar-refractivity contribution in [3.63, 3.8) is 0 Å². The van der Waals surface area contributed by atoms with E-state index in [0.717, 1.165) is 70.9 Å². The molecule has 226 valence electrons. The van der Waals surface area contributed by atoms with Crippen LogP contribution in [0, 0.1) is 16.7 Å². The van der Waals surface area contributed by atoms with Crippen LogP contribution in [-0.4, -0.2) is 75.8 Å². The highest BCUT2D eigenvalue weighted by atomic mass is 32.2. The number of hydrogen-bond acceptors (Lipinski definition) is 7. The first kappa shape index (κ1) is 35.9. The smallest absolute Gasteiger partial charge is 0.107 e. The van der Waals surface area contributed by atoms with E-state index < -0.39 is 0 Å². The Balaban J connectivity index is 0.00000274. The van der Waals surface area contributed by atoms with Crippen molar-refractivity contribution in [3.8, 4) is 0 Å². The van der Waals surface area contributed by atoms with Crippen molar-refractivity contribution in [2.45, 2.75) is 74.1 Å². The molecule has 1 unspecified atom stereocenters. The van der Waals surface area contributed by atoms with Gasteiger partial charge in [-0.05, 0) is 63.6 Å². The van der Waals surface area contributed by atoms with Gasteiger partial charge in [0.1, 0.15) is 4.99 Å². The summed E-state index contributed by atoms with van der Waals surface area (Å²) >= 11 is 20.9. The molecule has 0 aromatic heterocycles. The zero-order valence-electron chi connectivity index (χ0n) is 25.7. The van der Waals surface area contributed by atoms with Gasteiger partial charge in [0, 0.05) is 44.3 Å². The molecule has 0 saturated carbocycles. The quantitative estimate of drug-likeness (QED) is 0.128. The first-order chi connectivity index (χ1) is 18.9. The molecule has 3 aliphatic rings. The van der Waals surface area contributed by atoms with Gasteiger partial charge in [-0.25, -0.2) is 0 Å². The predicted molar refractivity (Wildman–Crippen MR) is 190 cm³/mol. The molecule has 0 aromatic carbocycles. The Bertz CT molecular complexity index is 973. The largest absolute Gasteiger partial charge is 0.379 e. The van der Waals surface area contributed by atoms with Crippen LogP contribution < -0.4 is 0 Å². The van der Waals surface area contributed by atoms with Gasteiger partial charge in [0.15, 0.2) is 0 Å². The molecule has 9 heteroatoms. The van der Waals surface area contributed by atoms with Crippen LogP contribution in [0.1, 0.15) is 74.1 Å². The highest BCUT2D eigenvalue weighted by Crippen LogP contribution is 2.43. The van der Waals surface area contributed by atoms with Crippen LogP contribution in [0.15, 0.2) is 34.2 Å². The second-order valence-electron chi connectivity index (χ2n) is 11.7. The van der Waals surface area contributed by atoms with E-state index in [0.29, 0.717) is 32.3 Å². The maximum Gasteiger partial charge on any atom is 0.107 e. The van der Waals surface area contributed by atoms with Crippen molar-refractivity contribution in [1.82, 2.24) is 9.80 Å². The zero-order valence-corrected chi connectivity index (χ0v) is 29.8. The van der Waals surface area contributed by atoms with Gasteiger partial charge in [0.25, 0.3) is 0 Å². The normalized spacial score (nSPS) is 19.8. The van der Waals surface area contributed by atoms with Gasteiger partial charge in [-0.3, -0.25) is 0 Å². The van der Waals surface area contributed by atoms with E-state index in [1.807, 2.05) is 37.4 Å². The Morgan fingerprint density at radius 3 is 2.08 bits per heavy atom. The molecular weight excluding hydrogens is 593 g/mol. The van der Waals surface area contributed by atoms with E-state index in [-0.39, 0.29) is 10.8 Å². The first-order valence-electron chi connectivity index (χ1n) is 14.6. The summed E-state index contributed by atoms with van der Waals surface area (Å²) in [6, 6.07) is 0. The molecule has 3 rings (SSSR count). The summed E-state index contributed by atoms with van der Waals surface area (Å²) < 4.78 is 11.8. The van der Waals surface area contributed by atoms with Crippen LogP contribution in [0.5, 0.6) is 0 Å². The van der Waals surface area contributed by atoms with Gasteiger partial charge in [0.05, 0.1) is 23.2 Å². The Labute approximate surface area is 269 Å². The molecule has 0 N–H and O–H groups in total. The monoisotopic (exact) mass is 642 g/mol. The fraction of sp³-hybridized carbons (Fsp3) is 0.710. The molecule has 1 saturated heterocycles. The van der Waals surface area contributed by atoms with Gasteiger partial charge < -0.3 is 19.3 Å². The molecular formula is C31H50N2O2S5. The number of rotatable bonds is 15. The van der Waals surface area contributed by atoms with Gasteiger partial charge in [-0.15, -0.1) is 23.5 Å². The van der Waals surface area contributed by atoms with Crippen LogP contribution in [0.3, 0.4) is 0 Å². The van der Waals surface area contributed by atoms with Gasteiger partial charge >= 0.3 is 0 Å². The second kappa shape index (κ2) is 17.1.